The lowest BCUT2D eigenvalue weighted by atomic mass is 10.2. The molecule has 3 N–H and O–H groups in total. The third-order valence-electron chi connectivity index (χ3n) is 2.42. The lowest BCUT2D eigenvalue weighted by molar-refractivity contribution is 0.222. The van der Waals surface area contributed by atoms with Crippen LogP contribution in [0.1, 0.15) is 19.4 Å². The van der Waals surface area contributed by atoms with Crippen LogP contribution in [-0.2, 0) is 6.54 Å². The lowest BCUT2D eigenvalue weighted by Crippen LogP contribution is -2.13. The minimum absolute atomic E-state index is 0.00810. The molecular weight excluding hydrogens is 280 g/mol. The van der Waals surface area contributed by atoms with Gasteiger partial charge in [-0.05, 0) is 32.0 Å². The van der Waals surface area contributed by atoms with Crippen LogP contribution < -0.4 is 15.8 Å². The van der Waals surface area contributed by atoms with Crippen LogP contribution in [0.25, 0.3) is 0 Å². The molecule has 0 aliphatic rings. The van der Waals surface area contributed by atoms with E-state index >= 15 is 0 Å². The Balaban J connectivity index is 2.12. The summed E-state index contributed by atoms with van der Waals surface area (Å²) in [6, 6.07) is 3.27. The van der Waals surface area contributed by atoms with Gasteiger partial charge in [0.1, 0.15) is 11.6 Å². The van der Waals surface area contributed by atoms with Crippen molar-refractivity contribution in [2.24, 2.45) is 0 Å². The summed E-state index contributed by atoms with van der Waals surface area (Å²) < 4.78 is 31.9. The fourth-order valence-corrected chi connectivity index (χ4v) is 1.57. The van der Waals surface area contributed by atoms with E-state index in [4.69, 9.17) is 10.5 Å². The molecule has 1 heterocycles. The largest absolute Gasteiger partial charge is 0.461 e. The first-order chi connectivity index (χ1) is 9.94. The highest BCUT2D eigenvalue weighted by Crippen LogP contribution is 2.14. The SMILES string of the molecule is CC(C)Oc1nc(N)nc(NCc2cc(F)ccc2F)n1. The Bertz CT molecular complexity index is 636. The van der Waals surface area contributed by atoms with E-state index in [2.05, 4.69) is 20.3 Å². The van der Waals surface area contributed by atoms with E-state index in [9.17, 15) is 8.78 Å². The van der Waals surface area contributed by atoms with Crippen molar-refractivity contribution in [3.63, 3.8) is 0 Å². The molecule has 21 heavy (non-hydrogen) atoms. The Morgan fingerprint density at radius 2 is 2.00 bits per heavy atom. The summed E-state index contributed by atoms with van der Waals surface area (Å²) in [6.07, 6.45) is -0.125. The number of ether oxygens (including phenoxy) is 1. The molecule has 0 saturated heterocycles. The molecule has 1 aromatic carbocycles. The molecular formula is C13H15F2N5O. The summed E-state index contributed by atoms with van der Waals surface area (Å²) in [5.41, 5.74) is 5.69. The van der Waals surface area contributed by atoms with E-state index in [0.29, 0.717) is 0 Å². The zero-order chi connectivity index (χ0) is 15.4. The third kappa shape index (κ3) is 4.23. The molecule has 1 aromatic heterocycles. The molecule has 0 aliphatic heterocycles. The number of nitrogens with zero attached hydrogens (tertiary/aromatic N) is 3. The molecule has 2 rings (SSSR count). The summed E-state index contributed by atoms with van der Waals surface area (Å²) >= 11 is 0. The molecule has 112 valence electrons. The zero-order valence-electron chi connectivity index (χ0n) is 11.6. The van der Waals surface area contributed by atoms with Gasteiger partial charge in [0, 0.05) is 12.1 Å². The van der Waals surface area contributed by atoms with Gasteiger partial charge >= 0.3 is 6.01 Å². The first-order valence-corrected chi connectivity index (χ1v) is 6.30. The Morgan fingerprint density at radius 1 is 1.24 bits per heavy atom. The van der Waals surface area contributed by atoms with Crippen LogP contribution in [0.2, 0.25) is 0 Å². The fraction of sp³-hybridized carbons (Fsp3) is 0.308. The van der Waals surface area contributed by atoms with Gasteiger partial charge in [0.2, 0.25) is 11.9 Å². The maximum Gasteiger partial charge on any atom is 0.323 e. The maximum absolute atomic E-state index is 13.5. The number of benzene rings is 1. The molecule has 0 amide bonds. The first-order valence-electron chi connectivity index (χ1n) is 6.30. The lowest BCUT2D eigenvalue weighted by Gasteiger charge is -2.10. The van der Waals surface area contributed by atoms with Crippen LogP contribution in [0.4, 0.5) is 20.7 Å². The van der Waals surface area contributed by atoms with Gasteiger partial charge in [0.05, 0.1) is 6.10 Å². The smallest absolute Gasteiger partial charge is 0.323 e. The number of aromatic nitrogens is 3. The van der Waals surface area contributed by atoms with Crippen LogP contribution in [0.3, 0.4) is 0 Å². The summed E-state index contributed by atoms with van der Waals surface area (Å²) in [5.74, 6) is -0.943. The molecule has 0 fully saturated rings. The van der Waals surface area contributed by atoms with Gasteiger partial charge in [-0.1, -0.05) is 0 Å². The monoisotopic (exact) mass is 295 g/mol. The Morgan fingerprint density at radius 3 is 2.71 bits per heavy atom. The number of anilines is 2. The second-order valence-electron chi connectivity index (χ2n) is 4.56. The van der Waals surface area contributed by atoms with Gasteiger partial charge in [-0.3, -0.25) is 0 Å². The van der Waals surface area contributed by atoms with Crippen molar-refractivity contribution in [2.45, 2.75) is 26.5 Å². The Kier molecular flexibility index (Phi) is 4.46. The van der Waals surface area contributed by atoms with Crippen LogP contribution in [0.5, 0.6) is 6.01 Å². The van der Waals surface area contributed by atoms with Crippen LogP contribution >= 0.6 is 0 Å². The van der Waals surface area contributed by atoms with Crippen molar-refractivity contribution >= 4 is 11.9 Å². The average Bonchev–Trinajstić information content (AvgIpc) is 2.38. The molecule has 0 radical (unpaired) electrons. The van der Waals surface area contributed by atoms with Crippen LogP contribution in [0.15, 0.2) is 18.2 Å². The molecule has 0 atom stereocenters. The van der Waals surface area contributed by atoms with Crippen LogP contribution in [-0.4, -0.2) is 21.1 Å². The minimum atomic E-state index is -0.524. The molecule has 8 heteroatoms. The molecule has 2 aromatic rings. The third-order valence-corrected chi connectivity index (χ3v) is 2.42. The highest BCUT2D eigenvalue weighted by atomic mass is 19.1. The van der Waals surface area contributed by atoms with Gasteiger partial charge in [0.15, 0.2) is 0 Å². The van der Waals surface area contributed by atoms with Crippen molar-refractivity contribution in [3.05, 3.63) is 35.4 Å². The molecule has 0 bridgehead atoms. The predicted octanol–water partition coefficient (Wildman–Crippen LogP) is 2.13. The molecule has 0 saturated carbocycles. The van der Waals surface area contributed by atoms with Crippen molar-refractivity contribution in [1.29, 1.82) is 0 Å². The van der Waals surface area contributed by atoms with E-state index in [1.54, 1.807) is 0 Å². The van der Waals surface area contributed by atoms with Gasteiger partial charge < -0.3 is 15.8 Å². The maximum atomic E-state index is 13.5. The van der Waals surface area contributed by atoms with Crippen molar-refractivity contribution in [2.75, 3.05) is 11.1 Å². The van der Waals surface area contributed by atoms with E-state index in [-0.39, 0.29) is 36.1 Å². The van der Waals surface area contributed by atoms with E-state index in [1.807, 2.05) is 13.8 Å². The number of halogens is 2. The minimum Gasteiger partial charge on any atom is -0.461 e. The number of nitrogens with two attached hydrogens (primary N) is 1. The topological polar surface area (TPSA) is 86.0 Å². The van der Waals surface area contributed by atoms with Gasteiger partial charge in [-0.15, -0.1) is 0 Å². The quantitative estimate of drug-likeness (QED) is 0.879. The molecule has 0 aliphatic carbocycles. The number of hydrogen-bond donors (Lipinski definition) is 2. The van der Waals surface area contributed by atoms with Crippen molar-refractivity contribution in [3.8, 4) is 6.01 Å². The van der Waals surface area contributed by atoms with E-state index in [0.717, 1.165) is 18.2 Å². The number of nitrogens with one attached hydrogen (secondary N) is 1. The molecule has 6 nitrogen and oxygen atoms in total. The average molecular weight is 295 g/mol. The Labute approximate surface area is 120 Å². The molecule has 0 unspecified atom stereocenters. The van der Waals surface area contributed by atoms with Gasteiger partial charge in [-0.25, -0.2) is 8.78 Å². The standard InChI is InChI=1S/C13H15F2N5O/c1-7(2)21-13-19-11(16)18-12(20-13)17-6-8-5-9(14)3-4-10(8)15/h3-5,7H,6H2,1-2H3,(H3,16,17,18,19,20). The predicted molar refractivity (Wildman–Crippen MR) is 73.7 cm³/mol. The normalized spacial score (nSPS) is 10.7. The Hall–Kier alpha value is -2.51. The second-order valence-corrected chi connectivity index (χ2v) is 4.56. The number of rotatable bonds is 5. The van der Waals surface area contributed by atoms with E-state index < -0.39 is 11.6 Å². The summed E-state index contributed by atoms with van der Waals surface area (Å²) in [5, 5.41) is 2.75. The number of nitrogen functional groups attached to an aromatic ring is 1. The van der Waals surface area contributed by atoms with Crippen LogP contribution in [0, 0.1) is 11.6 Å². The van der Waals surface area contributed by atoms with Crippen molar-refractivity contribution < 1.29 is 13.5 Å². The van der Waals surface area contributed by atoms with E-state index in [1.165, 1.54) is 0 Å². The first kappa shape index (κ1) is 14.9. The van der Waals surface area contributed by atoms with Gasteiger partial charge in [-0.2, -0.15) is 15.0 Å². The highest BCUT2D eigenvalue weighted by molar-refractivity contribution is 5.34. The second kappa shape index (κ2) is 6.29. The number of hydrogen-bond acceptors (Lipinski definition) is 6. The highest BCUT2D eigenvalue weighted by Gasteiger charge is 2.09. The molecule has 0 spiro atoms. The summed E-state index contributed by atoms with van der Waals surface area (Å²) in [4.78, 5) is 11.7. The summed E-state index contributed by atoms with van der Waals surface area (Å²) in [7, 11) is 0. The fourth-order valence-electron chi connectivity index (χ4n) is 1.57. The zero-order valence-corrected chi connectivity index (χ0v) is 11.6. The van der Waals surface area contributed by atoms with Gasteiger partial charge in [0.25, 0.3) is 0 Å². The summed E-state index contributed by atoms with van der Waals surface area (Å²) in [6.45, 7) is 3.64. The van der Waals surface area contributed by atoms with Crippen molar-refractivity contribution in [1.82, 2.24) is 15.0 Å².